The van der Waals surface area contributed by atoms with Crippen molar-refractivity contribution in [3.8, 4) is 0 Å². The summed E-state index contributed by atoms with van der Waals surface area (Å²) in [6, 6.07) is 14.9. The second kappa shape index (κ2) is 9.69. The van der Waals surface area contributed by atoms with Gasteiger partial charge in [-0.3, -0.25) is 14.4 Å². The zero-order valence-corrected chi connectivity index (χ0v) is 16.7. The average Bonchev–Trinajstić information content (AvgIpc) is 2.68. The molecule has 0 saturated carbocycles. The smallest absolute Gasteiger partial charge is 0.326 e. The van der Waals surface area contributed by atoms with Crippen LogP contribution in [-0.4, -0.2) is 42.4 Å². The molecule has 2 aromatic rings. The zero-order valence-electron chi connectivity index (χ0n) is 16.7. The van der Waals surface area contributed by atoms with Gasteiger partial charge in [-0.1, -0.05) is 36.4 Å². The summed E-state index contributed by atoms with van der Waals surface area (Å²) in [4.78, 5) is 38.0. The monoisotopic (exact) mass is 382 g/mol. The minimum Gasteiger partial charge on any atom is -0.451 e. The third-order valence-electron chi connectivity index (χ3n) is 4.46. The molecule has 0 bridgehead atoms. The van der Waals surface area contributed by atoms with Crippen molar-refractivity contribution in [2.75, 3.05) is 13.6 Å². The van der Waals surface area contributed by atoms with Crippen LogP contribution in [0.15, 0.2) is 48.5 Å². The maximum atomic E-state index is 12.4. The lowest BCUT2D eigenvalue weighted by molar-refractivity contribution is -0.157. The quantitative estimate of drug-likeness (QED) is 0.747. The average molecular weight is 382 g/mol. The minimum absolute atomic E-state index is 0.300. The van der Waals surface area contributed by atoms with Crippen molar-refractivity contribution in [3.63, 3.8) is 0 Å². The Labute approximate surface area is 165 Å². The van der Waals surface area contributed by atoms with E-state index in [1.54, 1.807) is 19.2 Å². The SMILES string of the molecule is Cc1ccc(C(=O)NCC(=O)O[C@@H](C)C(=O)N(C)Cc2ccccc2)cc1C. The molecule has 0 unspecified atom stereocenters. The van der Waals surface area contributed by atoms with E-state index in [4.69, 9.17) is 4.74 Å². The van der Waals surface area contributed by atoms with Crippen LogP contribution in [0.2, 0.25) is 0 Å². The molecule has 1 N–H and O–H groups in total. The number of hydrogen-bond acceptors (Lipinski definition) is 4. The lowest BCUT2D eigenvalue weighted by Gasteiger charge is -2.21. The summed E-state index contributed by atoms with van der Waals surface area (Å²) in [7, 11) is 1.65. The molecule has 0 aliphatic heterocycles. The standard InChI is InChI=1S/C22H26N2O4/c1-15-10-11-19(12-16(15)2)21(26)23-13-20(25)28-17(3)22(27)24(4)14-18-8-6-5-7-9-18/h5-12,17H,13-14H2,1-4H3,(H,23,26)/t17-/m0/s1. The Kier molecular flexibility index (Phi) is 7.32. The summed E-state index contributed by atoms with van der Waals surface area (Å²) in [6.45, 7) is 5.52. The molecule has 0 heterocycles. The second-order valence-corrected chi connectivity index (χ2v) is 6.79. The highest BCUT2D eigenvalue weighted by Gasteiger charge is 2.22. The fraction of sp³-hybridized carbons (Fsp3) is 0.318. The number of ether oxygens (including phenoxy) is 1. The lowest BCUT2D eigenvalue weighted by atomic mass is 10.1. The Morgan fingerprint density at radius 1 is 1.04 bits per heavy atom. The fourth-order valence-corrected chi connectivity index (χ4v) is 2.67. The van der Waals surface area contributed by atoms with Crippen molar-refractivity contribution in [2.45, 2.75) is 33.4 Å². The lowest BCUT2D eigenvalue weighted by Crippen LogP contribution is -2.39. The van der Waals surface area contributed by atoms with E-state index in [1.165, 1.54) is 11.8 Å². The minimum atomic E-state index is -0.931. The van der Waals surface area contributed by atoms with E-state index in [1.807, 2.05) is 50.2 Å². The van der Waals surface area contributed by atoms with E-state index in [0.717, 1.165) is 16.7 Å². The van der Waals surface area contributed by atoms with Crippen LogP contribution < -0.4 is 5.32 Å². The third-order valence-corrected chi connectivity index (χ3v) is 4.46. The first kappa shape index (κ1) is 21.2. The van der Waals surface area contributed by atoms with Gasteiger partial charge >= 0.3 is 5.97 Å². The van der Waals surface area contributed by atoms with Crippen molar-refractivity contribution in [2.24, 2.45) is 0 Å². The number of amides is 2. The third kappa shape index (κ3) is 5.94. The molecular weight excluding hydrogens is 356 g/mol. The van der Waals surface area contributed by atoms with E-state index in [-0.39, 0.29) is 18.4 Å². The molecule has 0 spiro atoms. The number of hydrogen-bond donors (Lipinski definition) is 1. The van der Waals surface area contributed by atoms with Gasteiger partial charge in [-0.15, -0.1) is 0 Å². The summed E-state index contributed by atoms with van der Waals surface area (Å²) in [5, 5.41) is 2.52. The first-order chi connectivity index (χ1) is 13.3. The van der Waals surface area contributed by atoms with E-state index in [9.17, 15) is 14.4 Å². The highest BCUT2D eigenvalue weighted by molar-refractivity contribution is 5.96. The summed E-state index contributed by atoms with van der Waals surface area (Å²) in [5.74, 6) is -1.33. The molecule has 0 aromatic heterocycles. The van der Waals surface area contributed by atoms with Gasteiger partial charge in [-0.2, -0.15) is 0 Å². The molecule has 0 saturated heterocycles. The van der Waals surface area contributed by atoms with Gasteiger partial charge in [0.15, 0.2) is 6.10 Å². The van der Waals surface area contributed by atoms with E-state index >= 15 is 0 Å². The fourth-order valence-electron chi connectivity index (χ4n) is 2.67. The van der Waals surface area contributed by atoms with Gasteiger partial charge in [-0.25, -0.2) is 0 Å². The van der Waals surface area contributed by atoms with Crippen LogP contribution in [0.1, 0.15) is 34.0 Å². The molecule has 148 valence electrons. The Bertz CT molecular complexity index is 849. The predicted octanol–water partition coefficient (Wildman–Crippen LogP) is 2.62. The Balaban J connectivity index is 1.81. The van der Waals surface area contributed by atoms with Crippen molar-refractivity contribution in [1.82, 2.24) is 10.2 Å². The number of aryl methyl sites for hydroxylation is 2. The summed E-state index contributed by atoms with van der Waals surface area (Å²) < 4.78 is 5.16. The number of likely N-dealkylation sites (N-methyl/N-ethyl adjacent to an activating group) is 1. The molecule has 0 fully saturated rings. The molecular formula is C22H26N2O4. The topological polar surface area (TPSA) is 75.7 Å². The molecule has 0 aliphatic carbocycles. The number of nitrogens with zero attached hydrogens (tertiary/aromatic N) is 1. The molecule has 2 aromatic carbocycles. The van der Waals surface area contributed by atoms with Crippen LogP contribution >= 0.6 is 0 Å². The van der Waals surface area contributed by atoms with E-state index in [0.29, 0.717) is 12.1 Å². The second-order valence-electron chi connectivity index (χ2n) is 6.79. The number of nitrogens with one attached hydrogen (secondary N) is 1. The zero-order chi connectivity index (χ0) is 20.7. The van der Waals surface area contributed by atoms with Gasteiger partial charge in [-0.05, 0) is 49.6 Å². The van der Waals surface area contributed by atoms with Gasteiger partial charge in [0.1, 0.15) is 6.54 Å². The first-order valence-corrected chi connectivity index (χ1v) is 9.11. The van der Waals surface area contributed by atoms with Gasteiger partial charge in [0.25, 0.3) is 11.8 Å². The molecule has 0 aliphatic rings. The largest absolute Gasteiger partial charge is 0.451 e. The van der Waals surface area contributed by atoms with Crippen LogP contribution in [0.25, 0.3) is 0 Å². The molecule has 28 heavy (non-hydrogen) atoms. The van der Waals surface area contributed by atoms with Crippen molar-refractivity contribution < 1.29 is 19.1 Å². The van der Waals surface area contributed by atoms with Gasteiger partial charge in [0.2, 0.25) is 0 Å². The van der Waals surface area contributed by atoms with Crippen LogP contribution in [0.3, 0.4) is 0 Å². The summed E-state index contributed by atoms with van der Waals surface area (Å²) >= 11 is 0. The maximum Gasteiger partial charge on any atom is 0.326 e. The molecule has 6 nitrogen and oxygen atoms in total. The van der Waals surface area contributed by atoms with Gasteiger partial charge in [0.05, 0.1) is 0 Å². The Morgan fingerprint density at radius 2 is 1.71 bits per heavy atom. The maximum absolute atomic E-state index is 12.4. The van der Waals surface area contributed by atoms with E-state index in [2.05, 4.69) is 5.32 Å². The molecule has 1 atom stereocenters. The van der Waals surface area contributed by atoms with E-state index < -0.39 is 12.1 Å². The van der Waals surface area contributed by atoms with Crippen LogP contribution in [0.5, 0.6) is 0 Å². The molecule has 0 radical (unpaired) electrons. The van der Waals surface area contributed by atoms with Crippen molar-refractivity contribution in [3.05, 3.63) is 70.8 Å². The Morgan fingerprint density at radius 3 is 2.36 bits per heavy atom. The van der Waals surface area contributed by atoms with Crippen LogP contribution in [-0.2, 0) is 20.9 Å². The molecule has 6 heteroatoms. The van der Waals surface area contributed by atoms with Crippen LogP contribution in [0, 0.1) is 13.8 Å². The molecule has 2 amide bonds. The van der Waals surface area contributed by atoms with Crippen molar-refractivity contribution in [1.29, 1.82) is 0 Å². The normalized spacial score (nSPS) is 11.4. The number of benzene rings is 2. The van der Waals surface area contributed by atoms with Gasteiger partial charge < -0.3 is 15.0 Å². The summed E-state index contributed by atoms with van der Waals surface area (Å²) in [6.07, 6.45) is -0.931. The predicted molar refractivity (Wildman–Crippen MR) is 107 cm³/mol. The highest BCUT2D eigenvalue weighted by atomic mass is 16.5. The first-order valence-electron chi connectivity index (χ1n) is 9.11. The summed E-state index contributed by atoms with van der Waals surface area (Å²) in [5.41, 5.74) is 3.54. The van der Waals surface area contributed by atoms with Crippen LogP contribution in [0.4, 0.5) is 0 Å². The number of carbonyl (C=O) groups is 3. The van der Waals surface area contributed by atoms with Gasteiger partial charge in [0, 0.05) is 19.2 Å². The highest BCUT2D eigenvalue weighted by Crippen LogP contribution is 2.10. The molecule has 2 rings (SSSR count). The number of rotatable bonds is 7. The number of carbonyl (C=O) groups excluding carboxylic acids is 3. The number of esters is 1. The Hall–Kier alpha value is -3.15. The van der Waals surface area contributed by atoms with Crippen molar-refractivity contribution >= 4 is 17.8 Å².